The smallest absolute Gasteiger partial charge is 0.220 e. The Kier molecular flexibility index (Phi) is 51.2. The van der Waals surface area contributed by atoms with Crippen LogP contribution in [0.2, 0.25) is 0 Å². The van der Waals surface area contributed by atoms with E-state index in [9.17, 15) is 61.0 Å². The van der Waals surface area contributed by atoms with Gasteiger partial charge in [-0.15, -0.1) is 0 Å². The first kappa shape index (κ1) is 86.4. The number of hydrogen-bond donors (Lipinski definition) is 12. The van der Waals surface area contributed by atoms with Crippen molar-refractivity contribution in [3.8, 4) is 0 Å². The number of aliphatic hydroxyl groups excluding tert-OH is 11. The van der Waals surface area contributed by atoms with Crippen LogP contribution in [-0.2, 0) is 33.2 Å². The van der Waals surface area contributed by atoms with Crippen LogP contribution in [0.25, 0.3) is 0 Å². The lowest BCUT2D eigenvalue weighted by molar-refractivity contribution is -0.379. The Balaban J connectivity index is 1.43. The van der Waals surface area contributed by atoms with Crippen molar-refractivity contribution < 1.29 is 89.4 Å². The van der Waals surface area contributed by atoms with Gasteiger partial charge in [-0.1, -0.05) is 251 Å². The van der Waals surface area contributed by atoms with Crippen molar-refractivity contribution in [3.63, 3.8) is 0 Å². The molecule has 550 valence electrons. The van der Waals surface area contributed by atoms with Gasteiger partial charge in [-0.3, -0.25) is 4.79 Å². The van der Waals surface area contributed by atoms with E-state index in [1.165, 1.54) is 96.3 Å². The number of hydrogen-bond acceptors (Lipinski definition) is 18. The molecule has 3 aliphatic rings. The van der Waals surface area contributed by atoms with Crippen molar-refractivity contribution in [1.29, 1.82) is 0 Å². The molecule has 0 aromatic carbocycles. The van der Waals surface area contributed by atoms with E-state index in [0.717, 1.165) is 103 Å². The molecular formula is C77H129NO18. The molecule has 17 unspecified atom stereocenters. The fourth-order valence-corrected chi connectivity index (χ4v) is 11.6. The lowest BCUT2D eigenvalue weighted by Crippen LogP contribution is -2.66. The van der Waals surface area contributed by atoms with Gasteiger partial charge in [-0.2, -0.15) is 0 Å². The molecule has 3 heterocycles. The lowest BCUT2D eigenvalue weighted by Gasteiger charge is -2.48. The van der Waals surface area contributed by atoms with Crippen molar-refractivity contribution in [2.75, 3.05) is 26.4 Å². The second-order valence-electron chi connectivity index (χ2n) is 25.7. The maximum absolute atomic E-state index is 13.4. The molecule has 1 amide bonds. The van der Waals surface area contributed by atoms with E-state index in [1.807, 2.05) is 6.08 Å². The number of rotatable bonds is 55. The number of nitrogens with one attached hydrogen (secondary N) is 1. The number of carbonyl (C=O) groups is 1. The molecule has 17 atom stereocenters. The minimum absolute atomic E-state index is 0.195. The van der Waals surface area contributed by atoms with E-state index in [4.69, 9.17) is 28.4 Å². The highest BCUT2D eigenvalue weighted by Crippen LogP contribution is 2.33. The first-order valence-corrected chi connectivity index (χ1v) is 36.8. The summed E-state index contributed by atoms with van der Waals surface area (Å²) in [7, 11) is 0. The predicted molar refractivity (Wildman–Crippen MR) is 378 cm³/mol. The van der Waals surface area contributed by atoms with Gasteiger partial charge in [0.2, 0.25) is 5.91 Å². The first-order valence-electron chi connectivity index (χ1n) is 36.8. The van der Waals surface area contributed by atoms with Gasteiger partial charge in [0.15, 0.2) is 18.9 Å². The van der Waals surface area contributed by atoms with Crippen molar-refractivity contribution in [2.24, 2.45) is 0 Å². The molecule has 96 heavy (non-hydrogen) atoms. The molecule has 12 N–H and O–H groups in total. The quantitative estimate of drug-likeness (QED) is 0.0199. The largest absolute Gasteiger partial charge is 0.394 e. The maximum Gasteiger partial charge on any atom is 0.220 e. The van der Waals surface area contributed by atoms with Gasteiger partial charge in [0.25, 0.3) is 0 Å². The maximum atomic E-state index is 13.4. The first-order chi connectivity index (χ1) is 46.8. The fraction of sp³-hybridized carbons (Fsp3) is 0.727. The molecule has 0 aliphatic carbocycles. The lowest BCUT2D eigenvalue weighted by atomic mass is 9.96. The third-order valence-electron chi connectivity index (χ3n) is 17.5. The van der Waals surface area contributed by atoms with Crippen LogP contribution < -0.4 is 5.32 Å². The number of amides is 1. The standard InChI is InChI=1S/C77H129NO18/c1-3-5-7-9-11-13-15-17-19-21-23-25-26-27-28-29-30-31-32-33-34-35-37-39-41-43-45-47-49-51-53-55-65(83)78-60(61(82)54-52-50-48-46-44-42-40-38-36-24-22-20-18-16-14-12-10-8-6-4-2)59-91-75-71(89)68(86)73(63(57-80)93-75)96-77-72(90)69(87)74(64(58-81)94-77)95-76-70(88)67(85)66(84)62(56-79)92-76/h5,7,11,13,17,19,23,25,27-28,30-31,33-34,37,39,43,45,52,54,60-64,66-77,79-82,84-90H,3-4,6,8-10,12,14-16,18,20-22,24,26,29,32,35-36,38,40-42,44,46-51,53,55-59H2,1-2H3,(H,78,83)/b7-5-,13-11-,19-17-,25-23-,28-27-,31-30-,34-33-,39-37-,45-43-,54-52+. The molecule has 3 saturated heterocycles. The Bertz CT molecular complexity index is 2210. The van der Waals surface area contributed by atoms with Crippen LogP contribution in [0.1, 0.15) is 226 Å². The van der Waals surface area contributed by atoms with Crippen LogP contribution in [0.3, 0.4) is 0 Å². The van der Waals surface area contributed by atoms with E-state index in [1.54, 1.807) is 6.08 Å². The summed E-state index contributed by atoms with van der Waals surface area (Å²) in [5.74, 6) is -0.311. The third kappa shape index (κ3) is 37.6. The summed E-state index contributed by atoms with van der Waals surface area (Å²) in [6.45, 7) is 1.59. The monoisotopic (exact) mass is 1360 g/mol. The Morgan fingerprint density at radius 1 is 0.385 bits per heavy atom. The van der Waals surface area contributed by atoms with Gasteiger partial charge in [-0.25, -0.2) is 0 Å². The van der Waals surface area contributed by atoms with Crippen LogP contribution in [-0.4, -0.2) is 193 Å². The molecule has 19 nitrogen and oxygen atoms in total. The summed E-state index contributed by atoms with van der Waals surface area (Å²) in [4.78, 5) is 13.4. The molecule has 0 aromatic rings. The zero-order chi connectivity index (χ0) is 69.6. The van der Waals surface area contributed by atoms with E-state index >= 15 is 0 Å². The summed E-state index contributed by atoms with van der Waals surface area (Å²) in [5.41, 5.74) is 0. The van der Waals surface area contributed by atoms with E-state index in [-0.39, 0.29) is 18.9 Å². The third-order valence-corrected chi connectivity index (χ3v) is 17.5. The SMILES string of the molecule is CC/C=C\C/C=C\C/C=C\C/C=C\C/C=C\C/C=C\C/C=C\C/C=C\C/C=C\CCCCCC(=O)NC(COC1OC(CO)C(OC2OC(CO)C(OC3OC(CO)C(O)C(O)C3O)C(O)C2O)C(O)C1O)C(O)/C=C/CCCCCCCCCCCCCCCCCCCC. The molecule has 3 aliphatic heterocycles. The van der Waals surface area contributed by atoms with Gasteiger partial charge >= 0.3 is 0 Å². The van der Waals surface area contributed by atoms with E-state index in [0.29, 0.717) is 6.42 Å². The van der Waals surface area contributed by atoms with Gasteiger partial charge in [0.05, 0.1) is 38.6 Å². The van der Waals surface area contributed by atoms with Gasteiger partial charge < -0.3 is 89.9 Å². The zero-order valence-electron chi connectivity index (χ0n) is 58.3. The Hall–Kier alpha value is -3.81. The highest BCUT2D eigenvalue weighted by atomic mass is 16.8. The topological polar surface area (TPSA) is 307 Å². The molecule has 0 saturated carbocycles. The van der Waals surface area contributed by atoms with Crippen molar-refractivity contribution >= 4 is 5.91 Å². The number of carbonyl (C=O) groups excluding carboxylic acids is 1. The van der Waals surface area contributed by atoms with E-state index < -0.39 is 124 Å². The molecular weight excluding hydrogens is 1230 g/mol. The van der Waals surface area contributed by atoms with Crippen molar-refractivity contribution in [3.05, 3.63) is 122 Å². The minimum Gasteiger partial charge on any atom is -0.394 e. The van der Waals surface area contributed by atoms with Crippen LogP contribution in [0, 0.1) is 0 Å². The molecule has 0 spiro atoms. The number of allylic oxidation sites excluding steroid dienone is 19. The summed E-state index contributed by atoms with van der Waals surface area (Å²) in [6, 6.07) is -1.00. The number of unbranched alkanes of at least 4 members (excludes halogenated alkanes) is 21. The molecule has 19 heteroatoms. The second-order valence-corrected chi connectivity index (χ2v) is 25.7. The Morgan fingerprint density at radius 3 is 1.12 bits per heavy atom. The Labute approximate surface area is 576 Å². The van der Waals surface area contributed by atoms with Crippen LogP contribution in [0.4, 0.5) is 0 Å². The number of ether oxygens (including phenoxy) is 6. The highest BCUT2D eigenvalue weighted by molar-refractivity contribution is 5.76. The van der Waals surface area contributed by atoms with Crippen LogP contribution in [0.15, 0.2) is 122 Å². The minimum atomic E-state index is -1.99. The van der Waals surface area contributed by atoms with Gasteiger partial charge in [0, 0.05) is 6.42 Å². The normalized spacial score (nSPS) is 27.8. The average Bonchev–Trinajstić information content (AvgIpc) is 0.786. The zero-order valence-corrected chi connectivity index (χ0v) is 58.3. The van der Waals surface area contributed by atoms with Gasteiger partial charge in [0.1, 0.15) is 73.2 Å². The molecule has 3 fully saturated rings. The molecule has 0 aromatic heterocycles. The average molecular weight is 1360 g/mol. The highest BCUT2D eigenvalue weighted by Gasteiger charge is 2.53. The van der Waals surface area contributed by atoms with Crippen LogP contribution >= 0.6 is 0 Å². The molecule has 3 rings (SSSR count). The summed E-state index contributed by atoms with van der Waals surface area (Å²) >= 11 is 0. The Morgan fingerprint density at radius 2 is 0.719 bits per heavy atom. The second kappa shape index (κ2) is 56.9. The predicted octanol–water partition coefficient (Wildman–Crippen LogP) is 10.8. The van der Waals surface area contributed by atoms with Crippen molar-refractivity contribution in [1.82, 2.24) is 5.32 Å². The summed E-state index contributed by atoms with van der Waals surface area (Å²) in [5, 5.41) is 121. The summed E-state index contributed by atoms with van der Waals surface area (Å²) in [6.07, 6.45) is 51.6. The van der Waals surface area contributed by atoms with Crippen molar-refractivity contribution in [2.45, 2.75) is 330 Å². The molecule has 0 bridgehead atoms. The number of aliphatic hydroxyl groups is 11. The van der Waals surface area contributed by atoms with Gasteiger partial charge in [-0.05, 0) is 89.9 Å². The fourth-order valence-electron chi connectivity index (χ4n) is 11.6. The van der Waals surface area contributed by atoms with Crippen LogP contribution in [0.5, 0.6) is 0 Å². The van der Waals surface area contributed by atoms with E-state index in [2.05, 4.69) is 129 Å². The summed E-state index contributed by atoms with van der Waals surface area (Å²) < 4.78 is 34.4. The molecule has 0 radical (unpaired) electrons.